The quantitative estimate of drug-likeness (QED) is 0.157. The average molecular weight is 455 g/mol. The van der Waals surface area contributed by atoms with Crippen molar-refractivity contribution in [3.8, 4) is 22.7 Å². The number of ether oxygens (including phenoxy) is 2. The molecule has 0 spiro atoms. The molecule has 4 aromatic rings. The number of benzene rings is 3. The van der Waals surface area contributed by atoms with Crippen LogP contribution in [-0.2, 0) is 16.1 Å². The minimum absolute atomic E-state index is 0.151. The van der Waals surface area contributed by atoms with Crippen LogP contribution < -0.4 is 4.74 Å². The Kier molecular flexibility index (Phi) is 6.78. The topological polar surface area (TPSA) is 96.5 Å². The van der Waals surface area contributed by atoms with E-state index in [-0.39, 0.29) is 18.0 Å². The molecule has 4 rings (SSSR count). The van der Waals surface area contributed by atoms with Crippen LogP contribution in [0.5, 0.6) is 5.75 Å². The highest BCUT2D eigenvalue weighted by Crippen LogP contribution is 2.33. The lowest BCUT2D eigenvalue weighted by Gasteiger charge is -2.04. The van der Waals surface area contributed by atoms with Crippen molar-refractivity contribution in [2.75, 3.05) is 7.11 Å². The fourth-order valence-corrected chi connectivity index (χ4v) is 3.36. The summed E-state index contributed by atoms with van der Waals surface area (Å²) in [4.78, 5) is 23.3. The van der Waals surface area contributed by atoms with Gasteiger partial charge in [0.15, 0.2) is 5.75 Å². The molecule has 0 fully saturated rings. The number of hydrogen-bond donors (Lipinski definition) is 0. The summed E-state index contributed by atoms with van der Waals surface area (Å²) in [6.07, 6.45) is 4.66. The zero-order valence-electron chi connectivity index (χ0n) is 18.3. The van der Waals surface area contributed by atoms with Crippen molar-refractivity contribution in [2.24, 2.45) is 0 Å². The van der Waals surface area contributed by atoms with E-state index in [1.165, 1.54) is 25.3 Å². The molecule has 0 saturated carbocycles. The molecular weight excluding hydrogens is 434 g/mol. The van der Waals surface area contributed by atoms with Crippen molar-refractivity contribution in [3.63, 3.8) is 0 Å². The summed E-state index contributed by atoms with van der Waals surface area (Å²) in [5.74, 6) is -0.360. The zero-order chi connectivity index (χ0) is 23.9. The van der Waals surface area contributed by atoms with Gasteiger partial charge in [-0.05, 0) is 35.9 Å². The number of methoxy groups -OCH3 is 1. The van der Waals surface area contributed by atoms with E-state index in [4.69, 9.17) is 9.47 Å². The van der Waals surface area contributed by atoms with Crippen LogP contribution in [0.4, 0.5) is 5.69 Å². The zero-order valence-corrected chi connectivity index (χ0v) is 18.3. The van der Waals surface area contributed by atoms with E-state index in [9.17, 15) is 14.9 Å². The highest BCUT2D eigenvalue weighted by molar-refractivity contribution is 5.89. The number of esters is 1. The molecule has 0 amide bonds. The van der Waals surface area contributed by atoms with E-state index in [0.29, 0.717) is 16.8 Å². The van der Waals surface area contributed by atoms with Crippen molar-refractivity contribution < 1.29 is 19.2 Å². The highest BCUT2D eigenvalue weighted by atomic mass is 16.6. The summed E-state index contributed by atoms with van der Waals surface area (Å²) in [5, 5.41) is 16.1. The van der Waals surface area contributed by atoms with Crippen molar-refractivity contribution in [3.05, 3.63) is 112 Å². The third-order valence-electron chi connectivity index (χ3n) is 5.04. The summed E-state index contributed by atoms with van der Waals surface area (Å²) in [7, 11) is 1.38. The Bertz CT molecular complexity index is 1330. The normalized spacial score (nSPS) is 10.9. The Balaban J connectivity index is 1.66. The van der Waals surface area contributed by atoms with Gasteiger partial charge < -0.3 is 9.47 Å². The molecule has 0 aliphatic carbocycles. The van der Waals surface area contributed by atoms with E-state index >= 15 is 0 Å². The molecule has 0 aliphatic heterocycles. The number of aromatic nitrogens is 2. The Morgan fingerprint density at radius 1 is 1.06 bits per heavy atom. The lowest BCUT2D eigenvalue weighted by atomic mass is 10.1. The van der Waals surface area contributed by atoms with Gasteiger partial charge in [0.1, 0.15) is 12.3 Å². The van der Waals surface area contributed by atoms with E-state index < -0.39 is 10.9 Å². The molecule has 34 heavy (non-hydrogen) atoms. The third-order valence-corrected chi connectivity index (χ3v) is 5.04. The van der Waals surface area contributed by atoms with Crippen molar-refractivity contribution >= 4 is 17.7 Å². The second-order valence-electron chi connectivity index (χ2n) is 7.28. The molecule has 0 radical (unpaired) electrons. The maximum Gasteiger partial charge on any atom is 0.331 e. The van der Waals surface area contributed by atoms with Gasteiger partial charge in [0, 0.05) is 29.5 Å². The first kappa shape index (κ1) is 22.5. The number of para-hydroxylation sites is 1. The van der Waals surface area contributed by atoms with Gasteiger partial charge in [0.05, 0.1) is 17.7 Å². The molecule has 170 valence electrons. The molecule has 0 atom stereocenters. The summed E-state index contributed by atoms with van der Waals surface area (Å²) < 4.78 is 12.1. The van der Waals surface area contributed by atoms with Crippen LogP contribution in [0.1, 0.15) is 11.1 Å². The Morgan fingerprint density at radius 3 is 2.44 bits per heavy atom. The van der Waals surface area contributed by atoms with Crippen LogP contribution in [0.2, 0.25) is 0 Å². The fraction of sp³-hybridized carbons (Fsp3) is 0.0769. The number of rotatable bonds is 8. The van der Waals surface area contributed by atoms with Gasteiger partial charge in [-0.1, -0.05) is 48.5 Å². The van der Waals surface area contributed by atoms with Gasteiger partial charge in [0.25, 0.3) is 0 Å². The predicted molar refractivity (Wildman–Crippen MR) is 127 cm³/mol. The van der Waals surface area contributed by atoms with Crippen molar-refractivity contribution in [1.82, 2.24) is 9.78 Å². The van der Waals surface area contributed by atoms with Crippen LogP contribution in [0.3, 0.4) is 0 Å². The SMILES string of the molecule is COc1ccc(-c2nn(-c3ccccc3)cc2C=CC(=O)OCc2ccccc2)cc1[N+](=O)[O-]. The number of carbonyl (C=O) groups excluding carboxylic acids is 1. The third kappa shape index (κ3) is 5.18. The standard InChI is InChI=1S/C26H21N3O5/c1-33-24-14-12-20(16-23(24)29(31)32)26-21(17-28(27-26)22-10-6-3-7-11-22)13-15-25(30)34-18-19-8-4-2-5-9-19/h2-17H,18H2,1H3. The summed E-state index contributed by atoms with van der Waals surface area (Å²) in [6, 6.07) is 23.4. The number of nitrogens with zero attached hydrogens (tertiary/aromatic N) is 3. The van der Waals surface area contributed by atoms with Crippen molar-refractivity contribution in [2.45, 2.75) is 6.61 Å². The average Bonchev–Trinajstić information content (AvgIpc) is 3.31. The second kappa shape index (κ2) is 10.3. The first-order valence-corrected chi connectivity index (χ1v) is 10.4. The fourth-order valence-electron chi connectivity index (χ4n) is 3.36. The number of carbonyl (C=O) groups is 1. The molecule has 8 nitrogen and oxygen atoms in total. The molecule has 0 N–H and O–H groups in total. The number of nitro groups is 1. The molecule has 1 aromatic heterocycles. The molecule has 1 heterocycles. The van der Waals surface area contributed by atoms with Gasteiger partial charge in [-0.25, -0.2) is 9.48 Å². The predicted octanol–water partition coefficient (Wildman–Crippen LogP) is 5.21. The molecule has 0 aliphatic rings. The lowest BCUT2D eigenvalue weighted by Crippen LogP contribution is -2.00. The maximum atomic E-state index is 12.3. The minimum Gasteiger partial charge on any atom is -0.490 e. The monoisotopic (exact) mass is 455 g/mol. The van der Waals surface area contributed by atoms with Gasteiger partial charge in [0.2, 0.25) is 0 Å². The van der Waals surface area contributed by atoms with E-state index in [1.54, 1.807) is 23.0 Å². The molecule has 0 saturated heterocycles. The number of nitro benzene ring substituents is 1. The molecule has 0 bridgehead atoms. The Hall–Kier alpha value is -4.72. The van der Waals surface area contributed by atoms with Gasteiger partial charge in [-0.15, -0.1) is 0 Å². The molecule has 3 aromatic carbocycles. The van der Waals surface area contributed by atoms with Gasteiger partial charge >= 0.3 is 11.7 Å². The smallest absolute Gasteiger partial charge is 0.331 e. The second-order valence-corrected chi connectivity index (χ2v) is 7.28. The minimum atomic E-state index is -0.511. The molecule has 8 heteroatoms. The molecule has 0 unspecified atom stereocenters. The van der Waals surface area contributed by atoms with Crippen LogP contribution in [0, 0.1) is 10.1 Å². The summed E-state index contributed by atoms with van der Waals surface area (Å²) in [5.41, 5.74) is 3.10. The van der Waals surface area contributed by atoms with Crippen LogP contribution in [0.15, 0.2) is 91.1 Å². The number of hydrogen-bond acceptors (Lipinski definition) is 6. The lowest BCUT2D eigenvalue weighted by molar-refractivity contribution is -0.385. The van der Waals surface area contributed by atoms with Crippen LogP contribution >= 0.6 is 0 Å². The van der Waals surface area contributed by atoms with Crippen LogP contribution in [0.25, 0.3) is 23.0 Å². The summed E-state index contributed by atoms with van der Waals surface area (Å²) in [6.45, 7) is 0.158. The maximum absolute atomic E-state index is 12.3. The first-order chi connectivity index (χ1) is 16.5. The largest absolute Gasteiger partial charge is 0.490 e. The Morgan fingerprint density at radius 2 is 1.76 bits per heavy atom. The highest BCUT2D eigenvalue weighted by Gasteiger charge is 2.19. The summed E-state index contributed by atoms with van der Waals surface area (Å²) >= 11 is 0. The van der Waals surface area contributed by atoms with Gasteiger partial charge in [-0.3, -0.25) is 10.1 Å². The van der Waals surface area contributed by atoms with E-state index in [2.05, 4.69) is 5.10 Å². The Labute approximate surface area is 195 Å². The first-order valence-electron chi connectivity index (χ1n) is 10.4. The van der Waals surface area contributed by atoms with Crippen molar-refractivity contribution in [1.29, 1.82) is 0 Å². The van der Waals surface area contributed by atoms with Crippen LogP contribution in [-0.4, -0.2) is 27.8 Å². The molecular formula is C26H21N3O5. The van der Waals surface area contributed by atoms with E-state index in [0.717, 1.165) is 11.3 Å². The van der Waals surface area contributed by atoms with E-state index in [1.807, 2.05) is 60.7 Å². The van der Waals surface area contributed by atoms with Gasteiger partial charge in [-0.2, -0.15) is 5.10 Å².